The highest BCUT2D eigenvalue weighted by atomic mass is 32.2. The number of likely N-dealkylation sites (N-methyl/N-ethyl adjacent to an activating group) is 2. The fourth-order valence-corrected chi connectivity index (χ4v) is 3.57. The van der Waals surface area contributed by atoms with E-state index in [1.54, 1.807) is 24.3 Å². The molecule has 0 aliphatic carbocycles. The molecule has 1 fully saturated rings. The second kappa shape index (κ2) is 7.22. The Kier molecular flexibility index (Phi) is 5.58. The first-order valence-electron chi connectivity index (χ1n) is 7.09. The van der Waals surface area contributed by atoms with Crippen molar-refractivity contribution < 1.29 is 13.2 Å². The Labute approximate surface area is 126 Å². The number of ether oxygens (including phenoxy) is 1. The molecule has 0 saturated carbocycles. The van der Waals surface area contributed by atoms with Gasteiger partial charge in [-0.3, -0.25) is 0 Å². The number of hydrogen-bond acceptors (Lipinski definition) is 5. The van der Waals surface area contributed by atoms with Crippen LogP contribution in [0.5, 0.6) is 5.75 Å². The molecule has 2 N–H and O–H groups in total. The first kappa shape index (κ1) is 16.2. The minimum Gasteiger partial charge on any atom is -0.492 e. The zero-order valence-corrected chi connectivity index (χ0v) is 13.3. The summed E-state index contributed by atoms with van der Waals surface area (Å²) in [6, 6.07) is 6.52. The lowest BCUT2D eigenvalue weighted by Gasteiger charge is -2.13. The summed E-state index contributed by atoms with van der Waals surface area (Å²) in [5.41, 5.74) is 0. The number of sulfonamides is 1. The van der Waals surface area contributed by atoms with Crippen molar-refractivity contribution in [3.63, 3.8) is 0 Å². The van der Waals surface area contributed by atoms with Crippen LogP contribution < -0.4 is 14.8 Å². The standard InChI is InChI=1S/C14H23N3O3S/c1-15-8-10-20-13-3-5-14(6-4-13)21(18,19)16-12-7-9-17(2)11-12/h3-6,12,15-16H,7-11H2,1-2H3. The number of nitrogens with one attached hydrogen (secondary N) is 2. The molecule has 1 atom stereocenters. The maximum absolute atomic E-state index is 12.3. The molecule has 118 valence electrons. The van der Waals surface area contributed by atoms with E-state index < -0.39 is 10.0 Å². The molecule has 0 amide bonds. The lowest BCUT2D eigenvalue weighted by atomic mass is 10.3. The van der Waals surface area contributed by atoms with Crippen LogP contribution in [0.15, 0.2) is 29.2 Å². The highest BCUT2D eigenvalue weighted by molar-refractivity contribution is 7.89. The van der Waals surface area contributed by atoms with E-state index in [9.17, 15) is 8.42 Å². The summed E-state index contributed by atoms with van der Waals surface area (Å²) >= 11 is 0. The minimum absolute atomic E-state index is 0.00782. The van der Waals surface area contributed by atoms with E-state index in [0.717, 1.165) is 26.1 Å². The predicted octanol–water partition coefficient (Wildman–Crippen LogP) is 0.267. The van der Waals surface area contributed by atoms with Crippen LogP contribution in [0.4, 0.5) is 0 Å². The maximum Gasteiger partial charge on any atom is 0.240 e. The Bertz CT molecular complexity index is 545. The van der Waals surface area contributed by atoms with Crippen molar-refractivity contribution in [2.75, 3.05) is 40.3 Å². The maximum atomic E-state index is 12.3. The van der Waals surface area contributed by atoms with Crippen molar-refractivity contribution in [1.82, 2.24) is 14.9 Å². The molecule has 6 nitrogen and oxygen atoms in total. The highest BCUT2D eigenvalue weighted by Crippen LogP contribution is 2.17. The molecule has 2 rings (SSSR count). The minimum atomic E-state index is -3.45. The summed E-state index contributed by atoms with van der Waals surface area (Å²) in [5, 5.41) is 2.98. The van der Waals surface area contributed by atoms with Crippen LogP contribution in [0.1, 0.15) is 6.42 Å². The molecule has 0 bridgehead atoms. The Balaban J connectivity index is 1.96. The smallest absolute Gasteiger partial charge is 0.240 e. The zero-order chi connectivity index (χ0) is 15.3. The van der Waals surface area contributed by atoms with E-state index in [1.807, 2.05) is 14.1 Å². The fraction of sp³-hybridized carbons (Fsp3) is 0.571. The summed E-state index contributed by atoms with van der Waals surface area (Å²) in [6.45, 7) is 2.97. The summed E-state index contributed by atoms with van der Waals surface area (Å²) < 4.78 is 32.8. The highest BCUT2D eigenvalue weighted by Gasteiger charge is 2.25. The zero-order valence-electron chi connectivity index (χ0n) is 12.5. The van der Waals surface area contributed by atoms with Gasteiger partial charge in [0.25, 0.3) is 0 Å². The number of benzene rings is 1. The molecule has 1 saturated heterocycles. The molecule has 7 heteroatoms. The van der Waals surface area contributed by atoms with Gasteiger partial charge in [-0.05, 0) is 51.3 Å². The largest absolute Gasteiger partial charge is 0.492 e. The Morgan fingerprint density at radius 3 is 2.62 bits per heavy atom. The molecular weight excluding hydrogens is 290 g/mol. The third kappa shape index (κ3) is 4.67. The Hall–Kier alpha value is -1.15. The lowest BCUT2D eigenvalue weighted by molar-refractivity contribution is 0.318. The van der Waals surface area contributed by atoms with E-state index in [2.05, 4.69) is 14.9 Å². The number of likely N-dealkylation sites (tertiary alicyclic amines) is 1. The second-order valence-corrected chi connectivity index (χ2v) is 7.01. The normalized spacial score (nSPS) is 19.8. The molecule has 0 radical (unpaired) electrons. The van der Waals surface area contributed by atoms with Gasteiger partial charge in [0.15, 0.2) is 0 Å². The van der Waals surface area contributed by atoms with Gasteiger partial charge in [-0.2, -0.15) is 0 Å². The van der Waals surface area contributed by atoms with Crippen LogP contribution in [0, 0.1) is 0 Å². The van der Waals surface area contributed by atoms with Crippen LogP contribution in [-0.2, 0) is 10.0 Å². The SMILES string of the molecule is CNCCOc1ccc(S(=O)(=O)NC2CCN(C)C2)cc1. The van der Waals surface area contributed by atoms with Crippen molar-refractivity contribution in [3.8, 4) is 5.75 Å². The van der Waals surface area contributed by atoms with Crippen LogP contribution in [0.2, 0.25) is 0 Å². The van der Waals surface area contributed by atoms with Crippen molar-refractivity contribution in [3.05, 3.63) is 24.3 Å². The van der Waals surface area contributed by atoms with Gasteiger partial charge in [-0.25, -0.2) is 13.1 Å². The van der Waals surface area contributed by atoms with Gasteiger partial charge in [-0.15, -0.1) is 0 Å². The third-order valence-electron chi connectivity index (χ3n) is 3.47. The van der Waals surface area contributed by atoms with Crippen molar-refractivity contribution >= 4 is 10.0 Å². The molecule has 1 aromatic rings. The van der Waals surface area contributed by atoms with Crippen molar-refractivity contribution in [1.29, 1.82) is 0 Å². The van der Waals surface area contributed by atoms with Crippen molar-refractivity contribution in [2.24, 2.45) is 0 Å². The van der Waals surface area contributed by atoms with Gasteiger partial charge < -0.3 is 15.0 Å². The number of nitrogens with zero attached hydrogens (tertiary/aromatic N) is 1. The van der Waals surface area contributed by atoms with E-state index in [-0.39, 0.29) is 10.9 Å². The number of rotatable bonds is 7. The first-order valence-corrected chi connectivity index (χ1v) is 8.58. The topological polar surface area (TPSA) is 70.7 Å². The van der Waals surface area contributed by atoms with E-state index in [0.29, 0.717) is 12.4 Å². The molecule has 0 aromatic heterocycles. The molecule has 1 unspecified atom stereocenters. The van der Waals surface area contributed by atoms with Gasteiger partial charge in [-0.1, -0.05) is 0 Å². The van der Waals surface area contributed by atoms with Crippen molar-refractivity contribution in [2.45, 2.75) is 17.4 Å². The van der Waals surface area contributed by atoms with E-state index in [4.69, 9.17) is 4.74 Å². The quantitative estimate of drug-likeness (QED) is 0.707. The van der Waals surface area contributed by atoms with Gasteiger partial charge in [0, 0.05) is 19.1 Å². The Morgan fingerprint density at radius 1 is 1.33 bits per heavy atom. The molecule has 0 spiro atoms. The van der Waals surface area contributed by atoms with Gasteiger partial charge in [0.2, 0.25) is 10.0 Å². The molecule has 1 aliphatic heterocycles. The van der Waals surface area contributed by atoms with E-state index >= 15 is 0 Å². The van der Waals surface area contributed by atoms with Crippen LogP contribution in [-0.4, -0.2) is 59.7 Å². The molecule has 1 aliphatic rings. The van der Waals surface area contributed by atoms with Crippen LogP contribution in [0.3, 0.4) is 0 Å². The third-order valence-corrected chi connectivity index (χ3v) is 5.00. The summed E-state index contributed by atoms with van der Waals surface area (Å²) in [7, 11) is 0.390. The molecule has 1 heterocycles. The average molecular weight is 313 g/mol. The molecular formula is C14H23N3O3S. The van der Waals surface area contributed by atoms with Gasteiger partial charge >= 0.3 is 0 Å². The predicted molar refractivity (Wildman–Crippen MR) is 82.1 cm³/mol. The van der Waals surface area contributed by atoms with E-state index in [1.165, 1.54) is 0 Å². The summed E-state index contributed by atoms with van der Waals surface area (Å²) in [6.07, 6.45) is 0.848. The Morgan fingerprint density at radius 2 is 2.05 bits per heavy atom. The molecule has 1 aromatic carbocycles. The monoisotopic (exact) mass is 313 g/mol. The summed E-state index contributed by atoms with van der Waals surface area (Å²) in [5.74, 6) is 0.671. The molecule has 21 heavy (non-hydrogen) atoms. The van der Waals surface area contributed by atoms with Crippen LogP contribution >= 0.6 is 0 Å². The van der Waals surface area contributed by atoms with Gasteiger partial charge in [0.05, 0.1) is 4.90 Å². The van der Waals surface area contributed by atoms with Crippen LogP contribution in [0.25, 0.3) is 0 Å². The second-order valence-electron chi connectivity index (χ2n) is 5.29. The lowest BCUT2D eigenvalue weighted by Crippen LogP contribution is -2.36. The first-order chi connectivity index (χ1) is 10.0. The average Bonchev–Trinajstić information content (AvgIpc) is 2.84. The fourth-order valence-electron chi connectivity index (χ4n) is 2.30. The summed E-state index contributed by atoms with van der Waals surface area (Å²) in [4.78, 5) is 2.39. The number of hydrogen-bond donors (Lipinski definition) is 2. The van der Waals surface area contributed by atoms with Gasteiger partial charge in [0.1, 0.15) is 12.4 Å².